The van der Waals surface area contributed by atoms with Gasteiger partial charge in [-0.25, -0.2) is 4.98 Å². The molecule has 0 aliphatic carbocycles. The molecule has 0 aliphatic heterocycles. The number of hydrogen-bond acceptors (Lipinski definition) is 4. The van der Waals surface area contributed by atoms with Gasteiger partial charge < -0.3 is 5.32 Å². The molecule has 17 heavy (non-hydrogen) atoms. The van der Waals surface area contributed by atoms with Crippen LogP contribution < -0.4 is 5.32 Å². The van der Waals surface area contributed by atoms with Gasteiger partial charge >= 0.3 is 0 Å². The van der Waals surface area contributed by atoms with Gasteiger partial charge in [-0.1, -0.05) is 13.8 Å². The highest BCUT2D eigenvalue weighted by molar-refractivity contribution is 7.13. The summed E-state index contributed by atoms with van der Waals surface area (Å²) in [4.78, 5) is 18.1. The zero-order valence-corrected chi connectivity index (χ0v) is 12.0. The highest BCUT2D eigenvalue weighted by Gasteiger charge is 2.12. The normalized spacial score (nSPS) is 11.5. The molecule has 0 unspecified atom stereocenters. The summed E-state index contributed by atoms with van der Waals surface area (Å²) in [6.45, 7) is 8.70. The quantitative estimate of drug-likeness (QED) is 0.879. The first-order valence-electron chi connectivity index (χ1n) is 5.85. The lowest BCUT2D eigenvalue weighted by Gasteiger charge is -2.19. The molecule has 1 aromatic rings. The van der Waals surface area contributed by atoms with Gasteiger partial charge in [-0.3, -0.25) is 9.69 Å². The van der Waals surface area contributed by atoms with E-state index in [9.17, 15) is 4.79 Å². The lowest BCUT2D eigenvalue weighted by atomic mass is 10.2. The Labute approximate surface area is 107 Å². The second-order valence-electron chi connectivity index (χ2n) is 4.79. The molecule has 0 atom stereocenters. The van der Waals surface area contributed by atoms with Crippen LogP contribution in [-0.4, -0.2) is 35.4 Å². The van der Waals surface area contributed by atoms with Gasteiger partial charge in [0.15, 0.2) is 5.13 Å². The Hall–Kier alpha value is -0.940. The fourth-order valence-electron chi connectivity index (χ4n) is 1.18. The molecule has 0 aromatic carbocycles. The lowest BCUT2D eigenvalue weighted by Crippen LogP contribution is -2.34. The Bertz CT molecular complexity index is 374. The standard InChI is InChI=1S/C12H21N3OS/c1-8(2)10-7-17-12(13-10)14-11(16)6-15(5)9(3)4/h7-9H,6H2,1-5H3,(H,13,14,16). The van der Waals surface area contributed by atoms with Crippen LogP contribution in [0.5, 0.6) is 0 Å². The van der Waals surface area contributed by atoms with Gasteiger partial charge in [-0.15, -0.1) is 11.3 Å². The Morgan fingerprint density at radius 1 is 1.47 bits per heavy atom. The molecule has 1 heterocycles. The van der Waals surface area contributed by atoms with Crippen molar-refractivity contribution < 1.29 is 4.79 Å². The van der Waals surface area contributed by atoms with Gasteiger partial charge in [-0.05, 0) is 26.8 Å². The van der Waals surface area contributed by atoms with Crippen molar-refractivity contribution in [1.29, 1.82) is 0 Å². The minimum Gasteiger partial charge on any atom is -0.301 e. The minimum absolute atomic E-state index is 0.00847. The smallest absolute Gasteiger partial charge is 0.240 e. The van der Waals surface area contributed by atoms with Gasteiger partial charge in [0, 0.05) is 11.4 Å². The number of carbonyl (C=O) groups excluding carboxylic acids is 1. The summed E-state index contributed by atoms with van der Waals surface area (Å²) in [6, 6.07) is 0.364. The summed E-state index contributed by atoms with van der Waals surface area (Å²) in [7, 11) is 1.94. The van der Waals surface area contributed by atoms with Crippen molar-refractivity contribution in [2.75, 3.05) is 18.9 Å². The van der Waals surface area contributed by atoms with E-state index in [1.807, 2.05) is 17.3 Å². The number of aromatic nitrogens is 1. The van der Waals surface area contributed by atoms with Gasteiger partial charge in [0.25, 0.3) is 0 Å². The van der Waals surface area contributed by atoms with Gasteiger partial charge in [-0.2, -0.15) is 0 Å². The van der Waals surface area contributed by atoms with Crippen LogP contribution in [0.3, 0.4) is 0 Å². The van der Waals surface area contributed by atoms with Crippen molar-refractivity contribution in [3.05, 3.63) is 11.1 Å². The molecule has 96 valence electrons. The number of hydrogen-bond donors (Lipinski definition) is 1. The number of anilines is 1. The molecule has 0 aliphatic rings. The van der Waals surface area contributed by atoms with E-state index in [2.05, 4.69) is 38.0 Å². The highest BCUT2D eigenvalue weighted by Crippen LogP contribution is 2.21. The summed E-state index contributed by atoms with van der Waals surface area (Å²) in [5.41, 5.74) is 1.03. The summed E-state index contributed by atoms with van der Waals surface area (Å²) in [6.07, 6.45) is 0. The molecule has 0 fully saturated rings. The first-order chi connectivity index (χ1) is 7.90. The third-order valence-corrected chi connectivity index (χ3v) is 3.41. The summed E-state index contributed by atoms with van der Waals surface area (Å²) >= 11 is 1.48. The number of nitrogens with one attached hydrogen (secondary N) is 1. The van der Waals surface area contributed by atoms with Crippen molar-refractivity contribution in [2.45, 2.75) is 39.7 Å². The average Bonchev–Trinajstić information content (AvgIpc) is 2.65. The zero-order valence-electron chi connectivity index (χ0n) is 11.2. The molecule has 5 heteroatoms. The zero-order chi connectivity index (χ0) is 13.0. The average molecular weight is 255 g/mol. The van der Waals surface area contributed by atoms with Crippen LogP contribution in [0.2, 0.25) is 0 Å². The van der Waals surface area contributed by atoms with E-state index in [1.165, 1.54) is 11.3 Å². The number of thiazole rings is 1. The van der Waals surface area contributed by atoms with Crippen molar-refractivity contribution in [2.24, 2.45) is 0 Å². The third-order valence-electron chi connectivity index (χ3n) is 2.63. The SMILES string of the molecule is CC(C)c1csc(NC(=O)CN(C)C(C)C)n1. The topological polar surface area (TPSA) is 45.2 Å². The predicted molar refractivity (Wildman–Crippen MR) is 72.6 cm³/mol. The van der Waals surface area contributed by atoms with Crippen LogP contribution in [0.15, 0.2) is 5.38 Å². The number of likely N-dealkylation sites (N-methyl/N-ethyl adjacent to an activating group) is 1. The highest BCUT2D eigenvalue weighted by atomic mass is 32.1. The molecule has 0 radical (unpaired) electrons. The van der Waals surface area contributed by atoms with Gasteiger partial charge in [0.1, 0.15) is 0 Å². The maximum Gasteiger partial charge on any atom is 0.240 e. The number of nitrogens with zero attached hydrogens (tertiary/aromatic N) is 2. The largest absolute Gasteiger partial charge is 0.301 e. The fourth-order valence-corrected chi connectivity index (χ4v) is 2.06. The number of amides is 1. The molecule has 4 nitrogen and oxygen atoms in total. The third kappa shape index (κ3) is 4.44. The summed E-state index contributed by atoms with van der Waals surface area (Å²) in [5, 5.41) is 5.51. The van der Waals surface area contributed by atoms with E-state index in [1.54, 1.807) is 0 Å². The number of carbonyl (C=O) groups is 1. The number of rotatable bonds is 5. The van der Waals surface area contributed by atoms with Crippen LogP contribution in [0.1, 0.15) is 39.3 Å². The van der Waals surface area contributed by atoms with E-state index >= 15 is 0 Å². The Kier molecular flexibility index (Phi) is 5.08. The maximum absolute atomic E-state index is 11.7. The molecule has 1 rings (SSSR count). The Morgan fingerprint density at radius 3 is 2.59 bits per heavy atom. The first-order valence-corrected chi connectivity index (χ1v) is 6.73. The second-order valence-corrected chi connectivity index (χ2v) is 5.65. The Morgan fingerprint density at radius 2 is 2.12 bits per heavy atom. The van der Waals surface area contributed by atoms with Gasteiger partial charge in [0.2, 0.25) is 5.91 Å². The predicted octanol–water partition coefficient (Wildman–Crippen LogP) is 2.55. The van der Waals surface area contributed by atoms with E-state index in [-0.39, 0.29) is 5.91 Å². The maximum atomic E-state index is 11.7. The monoisotopic (exact) mass is 255 g/mol. The van der Waals surface area contributed by atoms with Crippen LogP contribution >= 0.6 is 11.3 Å². The van der Waals surface area contributed by atoms with Gasteiger partial charge in [0.05, 0.1) is 12.2 Å². The molecule has 0 saturated heterocycles. The molecule has 1 aromatic heterocycles. The van der Waals surface area contributed by atoms with Crippen molar-refractivity contribution in [1.82, 2.24) is 9.88 Å². The van der Waals surface area contributed by atoms with E-state index in [0.717, 1.165) is 5.69 Å². The van der Waals surface area contributed by atoms with Crippen LogP contribution in [0, 0.1) is 0 Å². The molecule has 0 saturated carbocycles. The fraction of sp³-hybridized carbons (Fsp3) is 0.667. The molecular formula is C12H21N3OS. The van der Waals surface area contributed by atoms with E-state index in [0.29, 0.717) is 23.6 Å². The van der Waals surface area contributed by atoms with Crippen molar-refractivity contribution in [3.8, 4) is 0 Å². The summed E-state index contributed by atoms with van der Waals surface area (Å²) in [5.74, 6) is 0.390. The second kappa shape index (κ2) is 6.12. The molecule has 0 bridgehead atoms. The van der Waals surface area contributed by atoms with Crippen LogP contribution in [0.4, 0.5) is 5.13 Å². The molecule has 1 amide bonds. The Balaban J connectivity index is 2.50. The minimum atomic E-state index is -0.00847. The van der Waals surface area contributed by atoms with Crippen molar-refractivity contribution >= 4 is 22.4 Å². The van der Waals surface area contributed by atoms with Crippen LogP contribution in [-0.2, 0) is 4.79 Å². The molecule has 1 N–H and O–H groups in total. The lowest BCUT2D eigenvalue weighted by molar-refractivity contribution is -0.117. The van der Waals surface area contributed by atoms with E-state index < -0.39 is 0 Å². The van der Waals surface area contributed by atoms with Crippen LogP contribution in [0.25, 0.3) is 0 Å². The summed E-state index contributed by atoms with van der Waals surface area (Å²) < 4.78 is 0. The first kappa shape index (κ1) is 14.1. The van der Waals surface area contributed by atoms with E-state index in [4.69, 9.17) is 0 Å². The van der Waals surface area contributed by atoms with Crippen molar-refractivity contribution in [3.63, 3.8) is 0 Å². The molecule has 0 spiro atoms. The molecular weight excluding hydrogens is 234 g/mol.